The molecule has 0 unspecified atom stereocenters. The van der Waals surface area contributed by atoms with Crippen LogP contribution < -0.4 is 4.74 Å². The molecule has 17 heavy (non-hydrogen) atoms. The summed E-state index contributed by atoms with van der Waals surface area (Å²) in [7, 11) is 0. The summed E-state index contributed by atoms with van der Waals surface area (Å²) in [5.74, 6) is -1.77. The molecule has 1 rings (SSSR count). The summed E-state index contributed by atoms with van der Waals surface area (Å²) in [6, 6.07) is 3.23. The van der Waals surface area contributed by atoms with Crippen molar-refractivity contribution in [2.45, 2.75) is 25.9 Å². The van der Waals surface area contributed by atoms with Gasteiger partial charge in [0, 0.05) is 12.5 Å². The van der Waals surface area contributed by atoms with Crippen molar-refractivity contribution in [2.24, 2.45) is 0 Å². The fourth-order valence-electron chi connectivity index (χ4n) is 1.20. The zero-order valence-corrected chi connectivity index (χ0v) is 9.74. The van der Waals surface area contributed by atoms with Crippen molar-refractivity contribution in [1.82, 2.24) is 0 Å². The number of aromatic carboxylic acids is 1. The van der Waals surface area contributed by atoms with Crippen LogP contribution in [-0.2, 0) is 0 Å². The highest BCUT2D eigenvalue weighted by Gasteiger charge is 2.15. The van der Waals surface area contributed by atoms with Gasteiger partial charge in [-0.15, -0.1) is 0 Å². The van der Waals surface area contributed by atoms with Crippen LogP contribution in [0, 0.1) is 5.82 Å². The number of carboxylic acids is 1. The highest BCUT2D eigenvalue weighted by molar-refractivity contribution is 5.90. The van der Waals surface area contributed by atoms with Crippen molar-refractivity contribution in [2.75, 3.05) is 6.61 Å². The Balaban J connectivity index is 2.75. The Bertz CT molecular complexity index is 409. The fraction of sp³-hybridized carbons (Fsp3) is 0.417. The van der Waals surface area contributed by atoms with Crippen molar-refractivity contribution in [1.29, 1.82) is 0 Å². The maximum absolute atomic E-state index is 12.9. The molecule has 0 aliphatic rings. The lowest BCUT2D eigenvalue weighted by molar-refractivity contribution is 0.0548. The molecule has 0 aromatic heterocycles. The van der Waals surface area contributed by atoms with E-state index in [4.69, 9.17) is 9.84 Å². The zero-order chi connectivity index (χ0) is 13.1. The first kappa shape index (κ1) is 13.4. The van der Waals surface area contributed by atoms with E-state index in [-0.39, 0.29) is 17.9 Å². The molecule has 0 amide bonds. The van der Waals surface area contributed by atoms with Gasteiger partial charge < -0.3 is 14.9 Å². The number of hydrogen-bond donors (Lipinski definition) is 2. The average molecular weight is 242 g/mol. The van der Waals surface area contributed by atoms with Gasteiger partial charge >= 0.3 is 5.97 Å². The number of aliphatic hydroxyl groups is 1. The van der Waals surface area contributed by atoms with E-state index >= 15 is 0 Å². The smallest absolute Gasteiger partial charge is 0.339 e. The van der Waals surface area contributed by atoms with Crippen LogP contribution in [-0.4, -0.2) is 28.4 Å². The maximum atomic E-state index is 12.9. The van der Waals surface area contributed by atoms with Gasteiger partial charge in [-0.1, -0.05) is 0 Å². The highest BCUT2D eigenvalue weighted by atomic mass is 19.1. The van der Waals surface area contributed by atoms with E-state index < -0.39 is 17.4 Å². The minimum Gasteiger partial charge on any atom is -0.492 e. The first-order valence-corrected chi connectivity index (χ1v) is 5.17. The molecule has 0 bridgehead atoms. The molecule has 0 aliphatic heterocycles. The van der Waals surface area contributed by atoms with Crippen LogP contribution >= 0.6 is 0 Å². The third kappa shape index (κ3) is 4.40. The number of hydrogen-bond acceptors (Lipinski definition) is 3. The van der Waals surface area contributed by atoms with Gasteiger partial charge in [0.1, 0.15) is 17.1 Å². The largest absolute Gasteiger partial charge is 0.492 e. The highest BCUT2D eigenvalue weighted by Crippen LogP contribution is 2.21. The molecule has 0 heterocycles. The standard InChI is InChI=1S/C12H15FO4/c1-12(2,16)5-6-17-10-7-8(13)3-4-9(10)11(14)15/h3-4,7,16H,5-6H2,1-2H3,(H,14,15). The molecule has 0 fully saturated rings. The maximum Gasteiger partial charge on any atom is 0.339 e. The number of carboxylic acid groups (broad SMARTS) is 1. The number of halogens is 1. The second kappa shape index (κ2) is 5.14. The minimum absolute atomic E-state index is 0.0262. The minimum atomic E-state index is -1.18. The van der Waals surface area contributed by atoms with Gasteiger partial charge in [0.25, 0.3) is 0 Å². The van der Waals surface area contributed by atoms with Gasteiger partial charge in [-0.3, -0.25) is 0 Å². The van der Waals surface area contributed by atoms with E-state index in [1.165, 1.54) is 0 Å². The molecule has 94 valence electrons. The summed E-state index contributed by atoms with van der Waals surface area (Å²) in [6.07, 6.45) is 0.322. The van der Waals surface area contributed by atoms with Gasteiger partial charge in [-0.05, 0) is 26.0 Å². The molecule has 0 saturated heterocycles. The lowest BCUT2D eigenvalue weighted by atomic mass is 10.1. The van der Waals surface area contributed by atoms with Gasteiger partial charge in [0.2, 0.25) is 0 Å². The van der Waals surface area contributed by atoms with E-state index in [1.54, 1.807) is 13.8 Å². The van der Waals surface area contributed by atoms with Crippen LogP contribution in [0.4, 0.5) is 4.39 Å². The van der Waals surface area contributed by atoms with Crippen molar-refractivity contribution < 1.29 is 24.1 Å². The summed E-state index contributed by atoms with van der Waals surface area (Å²) in [5, 5.41) is 18.3. The summed E-state index contributed by atoms with van der Waals surface area (Å²) in [4.78, 5) is 10.8. The number of carbonyl (C=O) groups is 1. The predicted molar refractivity (Wildman–Crippen MR) is 59.8 cm³/mol. The lowest BCUT2D eigenvalue weighted by Crippen LogP contribution is -2.22. The predicted octanol–water partition coefficient (Wildman–Crippen LogP) is 2.06. The Morgan fingerprint density at radius 1 is 1.47 bits per heavy atom. The molecule has 0 atom stereocenters. The molecule has 4 nitrogen and oxygen atoms in total. The van der Waals surface area contributed by atoms with E-state index in [0.717, 1.165) is 18.2 Å². The van der Waals surface area contributed by atoms with Crippen molar-refractivity contribution in [3.63, 3.8) is 0 Å². The fourth-order valence-corrected chi connectivity index (χ4v) is 1.20. The summed E-state index contributed by atoms with van der Waals surface area (Å²) in [5.41, 5.74) is -1.00. The van der Waals surface area contributed by atoms with Crippen molar-refractivity contribution in [3.05, 3.63) is 29.6 Å². The van der Waals surface area contributed by atoms with E-state index in [1.807, 2.05) is 0 Å². The third-order valence-electron chi connectivity index (χ3n) is 2.15. The van der Waals surface area contributed by atoms with Gasteiger partial charge in [0.15, 0.2) is 0 Å². The van der Waals surface area contributed by atoms with Gasteiger partial charge in [0.05, 0.1) is 12.2 Å². The van der Waals surface area contributed by atoms with Gasteiger partial charge in [-0.2, -0.15) is 0 Å². The van der Waals surface area contributed by atoms with Gasteiger partial charge in [-0.25, -0.2) is 9.18 Å². The molecular weight excluding hydrogens is 227 g/mol. The Morgan fingerprint density at radius 2 is 2.12 bits per heavy atom. The monoisotopic (exact) mass is 242 g/mol. The molecule has 0 aliphatic carbocycles. The van der Waals surface area contributed by atoms with Crippen LogP contribution in [0.1, 0.15) is 30.6 Å². The number of benzene rings is 1. The normalized spacial score (nSPS) is 11.3. The van der Waals surface area contributed by atoms with Crippen LogP contribution in [0.3, 0.4) is 0 Å². The Morgan fingerprint density at radius 3 is 2.65 bits per heavy atom. The first-order chi connectivity index (χ1) is 7.79. The molecule has 1 aromatic rings. The summed E-state index contributed by atoms with van der Waals surface area (Å²) in [6.45, 7) is 3.34. The second-order valence-electron chi connectivity index (χ2n) is 4.36. The van der Waals surface area contributed by atoms with E-state index in [9.17, 15) is 14.3 Å². The molecule has 0 saturated carbocycles. The Labute approximate surface area is 98.7 Å². The molecule has 2 N–H and O–H groups in total. The molecule has 1 aromatic carbocycles. The molecule has 0 radical (unpaired) electrons. The zero-order valence-electron chi connectivity index (χ0n) is 9.74. The first-order valence-electron chi connectivity index (χ1n) is 5.17. The molecule has 0 spiro atoms. The second-order valence-corrected chi connectivity index (χ2v) is 4.36. The van der Waals surface area contributed by atoms with E-state index in [0.29, 0.717) is 6.42 Å². The molecular formula is C12H15FO4. The quantitative estimate of drug-likeness (QED) is 0.829. The Kier molecular flexibility index (Phi) is 4.07. The van der Waals surface area contributed by atoms with Crippen molar-refractivity contribution in [3.8, 4) is 5.75 Å². The van der Waals surface area contributed by atoms with Crippen LogP contribution in [0.2, 0.25) is 0 Å². The van der Waals surface area contributed by atoms with Crippen LogP contribution in [0.25, 0.3) is 0 Å². The van der Waals surface area contributed by atoms with Crippen molar-refractivity contribution >= 4 is 5.97 Å². The number of rotatable bonds is 5. The molecule has 5 heteroatoms. The van der Waals surface area contributed by atoms with Crippen LogP contribution in [0.5, 0.6) is 5.75 Å². The summed E-state index contributed by atoms with van der Waals surface area (Å²) >= 11 is 0. The summed E-state index contributed by atoms with van der Waals surface area (Å²) < 4.78 is 18.1. The van der Waals surface area contributed by atoms with E-state index in [2.05, 4.69) is 0 Å². The Hall–Kier alpha value is -1.62. The average Bonchev–Trinajstić information content (AvgIpc) is 2.15. The third-order valence-corrected chi connectivity index (χ3v) is 2.15. The topological polar surface area (TPSA) is 66.8 Å². The lowest BCUT2D eigenvalue weighted by Gasteiger charge is -2.17. The number of ether oxygens (including phenoxy) is 1. The van der Waals surface area contributed by atoms with Crippen LogP contribution in [0.15, 0.2) is 18.2 Å². The SMILES string of the molecule is CC(C)(O)CCOc1cc(F)ccc1C(=O)O.